The highest BCUT2D eigenvalue weighted by atomic mass is 79.9. The Morgan fingerprint density at radius 2 is 2.17 bits per heavy atom. The van der Waals surface area contributed by atoms with Gasteiger partial charge in [0.2, 0.25) is 0 Å². The molecule has 0 spiro atoms. The summed E-state index contributed by atoms with van der Waals surface area (Å²) >= 11 is 3.41. The molecule has 0 saturated carbocycles. The highest BCUT2D eigenvalue weighted by molar-refractivity contribution is 9.10. The molecule has 3 heterocycles. The third kappa shape index (κ3) is 3.65. The van der Waals surface area contributed by atoms with Crippen molar-refractivity contribution in [2.75, 3.05) is 13.1 Å². The van der Waals surface area contributed by atoms with Crippen molar-refractivity contribution in [3.8, 4) is 0 Å². The number of imidazole rings is 1. The topological polar surface area (TPSA) is 60.2 Å². The molecule has 124 valence electrons. The number of nitrogens with zero attached hydrogens (tertiary/aromatic N) is 4. The molecule has 7 heteroatoms. The molecular formula is C16H21BrN4O2. The summed E-state index contributed by atoms with van der Waals surface area (Å²) in [5.74, 6) is 0. The molecule has 2 aromatic heterocycles. The van der Waals surface area contributed by atoms with Crippen LogP contribution in [0.3, 0.4) is 0 Å². The van der Waals surface area contributed by atoms with Gasteiger partial charge in [0.25, 0.3) is 0 Å². The minimum atomic E-state index is -0.470. The molecule has 1 aliphatic heterocycles. The molecule has 2 aromatic rings. The van der Waals surface area contributed by atoms with Gasteiger partial charge >= 0.3 is 6.09 Å². The first-order valence-corrected chi connectivity index (χ1v) is 8.59. The lowest BCUT2D eigenvalue weighted by Crippen LogP contribution is -2.43. The molecule has 1 fully saturated rings. The molecule has 0 aromatic carbocycles. The second-order valence-electron chi connectivity index (χ2n) is 6.87. The molecule has 6 nitrogen and oxygen atoms in total. The zero-order valence-corrected chi connectivity index (χ0v) is 15.2. The van der Waals surface area contributed by atoms with Crippen molar-refractivity contribution >= 4 is 33.1 Å². The summed E-state index contributed by atoms with van der Waals surface area (Å²) in [5, 5.41) is 0. The van der Waals surface area contributed by atoms with Crippen LogP contribution in [-0.4, -0.2) is 44.2 Å². The average molecular weight is 381 g/mol. The molecule has 1 aliphatic rings. The Bertz CT molecular complexity index is 722. The molecule has 0 aliphatic carbocycles. The maximum Gasteiger partial charge on any atom is 0.410 e. The highest BCUT2D eigenvalue weighted by Gasteiger charge is 2.29. The van der Waals surface area contributed by atoms with Crippen LogP contribution in [0.25, 0.3) is 11.0 Å². The lowest BCUT2D eigenvalue weighted by molar-refractivity contribution is 0.0174. The molecule has 1 atom stereocenters. The van der Waals surface area contributed by atoms with E-state index in [9.17, 15) is 4.79 Å². The first-order chi connectivity index (χ1) is 10.8. The molecule has 1 amide bonds. The van der Waals surface area contributed by atoms with Crippen molar-refractivity contribution in [1.82, 2.24) is 19.4 Å². The van der Waals surface area contributed by atoms with E-state index < -0.39 is 5.60 Å². The van der Waals surface area contributed by atoms with Gasteiger partial charge in [0.1, 0.15) is 15.7 Å². The van der Waals surface area contributed by atoms with Gasteiger partial charge < -0.3 is 14.2 Å². The average Bonchev–Trinajstić information content (AvgIpc) is 2.88. The Balaban J connectivity index is 1.80. The fraction of sp³-hybridized carbons (Fsp3) is 0.562. The molecule has 0 N–H and O–H groups in total. The number of piperidine rings is 1. The van der Waals surface area contributed by atoms with Gasteiger partial charge in [0.05, 0.1) is 24.1 Å². The van der Waals surface area contributed by atoms with Crippen LogP contribution in [0.5, 0.6) is 0 Å². The Morgan fingerprint density at radius 1 is 1.39 bits per heavy atom. The van der Waals surface area contributed by atoms with Gasteiger partial charge in [-0.25, -0.2) is 14.8 Å². The maximum absolute atomic E-state index is 12.3. The highest BCUT2D eigenvalue weighted by Crippen LogP contribution is 2.27. The van der Waals surface area contributed by atoms with Crippen molar-refractivity contribution < 1.29 is 9.53 Å². The smallest absolute Gasteiger partial charge is 0.410 e. The van der Waals surface area contributed by atoms with Crippen LogP contribution in [0.15, 0.2) is 23.2 Å². The van der Waals surface area contributed by atoms with Gasteiger partial charge in [0.15, 0.2) is 0 Å². The van der Waals surface area contributed by atoms with E-state index in [2.05, 4.69) is 30.5 Å². The van der Waals surface area contributed by atoms with E-state index in [1.165, 1.54) is 0 Å². The first-order valence-electron chi connectivity index (χ1n) is 7.79. The standard InChI is InChI=1S/C16H21BrN4O2/c1-16(2,3)23-15(22)20-6-4-5-11(9-20)21-10-19-12-8-18-14(17)7-13(12)21/h7-8,10-11H,4-6,9H2,1-3H3/t11-/m0/s1. The number of hydrogen-bond acceptors (Lipinski definition) is 4. The predicted molar refractivity (Wildman–Crippen MR) is 91.3 cm³/mol. The summed E-state index contributed by atoms with van der Waals surface area (Å²) in [6.45, 7) is 7.05. The number of ether oxygens (including phenoxy) is 1. The van der Waals surface area contributed by atoms with E-state index in [4.69, 9.17) is 4.74 Å². The summed E-state index contributed by atoms with van der Waals surface area (Å²) in [4.78, 5) is 22.7. The van der Waals surface area contributed by atoms with Crippen LogP contribution >= 0.6 is 15.9 Å². The van der Waals surface area contributed by atoms with Crippen LogP contribution in [-0.2, 0) is 4.74 Å². The van der Waals surface area contributed by atoms with Gasteiger partial charge in [-0.2, -0.15) is 0 Å². The van der Waals surface area contributed by atoms with Crippen LogP contribution in [0.2, 0.25) is 0 Å². The van der Waals surface area contributed by atoms with E-state index in [0.717, 1.165) is 35.0 Å². The third-order valence-corrected chi connectivity index (χ3v) is 4.30. The number of amides is 1. The van der Waals surface area contributed by atoms with Gasteiger partial charge in [-0.3, -0.25) is 0 Å². The summed E-state index contributed by atoms with van der Waals surface area (Å²) in [6, 6.07) is 2.17. The van der Waals surface area contributed by atoms with Crippen LogP contribution in [0, 0.1) is 0 Å². The lowest BCUT2D eigenvalue weighted by atomic mass is 10.1. The van der Waals surface area contributed by atoms with Crippen molar-refractivity contribution in [1.29, 1.82) is 0 Å². The number of pyridine rings is 1. The summed E-state index contributed by atoms with van der Waals surface area (Å²) in [6.07, 6.45) is 5.32. The zero-order valence-electron chi connectivity index (χ0n) is 13.6. The first kappa shape index (κ1) is 16.2. The molecule has 3 rings (SSSR count). The number of fused-ring (bicyclic) bond motifs is 1. The molecule has 23 heavy (non-hydrogen) atoms. The fourth-order valence-corrected chi connectivity index (χ4v) is 3.19. The van der Waals surface area contributed by atoms with Crippen LogP contribution in [0.1, 0.15) is 39.7 Å². The van der Waals surface area contributed by atoms with Gasteiger partial charge in [-0.15, -0.1) is 0 Å². The van der Waals surface area contributed by atoms with Crippen molar-refractivity contribution in [3.05, 3.63) is 23.2 Å². The molecule has 0 radical (unpaired) electrons. The summed E-state index contributed by atoms with van der Waals surface area (Å²) < 4.78 is 8.42. The molecule has 0 bridgehead atoms. The Hall–Kier alpha value is -1.63. The second-order valence-corrected chi connectivity index (χ2v) is 7.68. The van der Waals surface area contributed by atoms with Gasteiger partial charge in [-0.05, 0) is 55.6 Å². The molecule has 1 saturated heterocycles. The minimum Gasteiger partial charge on any atom is -0.444 e. The van der Waals surface area contributed by atoms with Crippen molar-refractivity contribution in [2.45, 2.75) is 45.3 Å². The van der Waals surface area contributed by atoms with Gasteiger partial charge in [0, 0.05) is 13.1 Å². The van der Waals surface area contributed by atoms with E-state index in [-0.39, 0.29) is 12.1 Å². The minimum absolute atomic E-state index is 0.204. The van der Waals surface area contributed by atoms with Gasteiger partial charge in [-0.1, -0.05) is 0 Å². The van der Waals surface area contributed by atoms with E-state index in [1.807, 2.05) is 33.2 Å². The number of hydrogen-bond donors (Lipinski definition) is 0. The number of carbonyl (C=O) groups excluding carboxylic acids is 1. The van der Waals surface area contributed by atoms with Crippen LogP contribution in [0.4, 0.5) is 4.79 Å². The Kier molecular flexibility index (Phi) is 4.31. The van der Waals surface area contributed by atoms with E-state index >= 15 is 0 Å². The SMILES string of the molecule is CC(C)(C)OC(=O)N1CCC[C@H](n2cnc3cnc(Br)cc32)C1. The second kappa shape index (κ2) is 6.11. The number of halogens is 1. The molecular weight excluding hydrogens is 360 g/mol. The Morgan fingerprint density at radius 3 is 2.91 bits per heavy atom. The van der Waals surface area contributed by atoms with Crippen molar-refractivity contribution in [2.24, 2.45) is 0 Å². The van der Waals surface area contributed by atoms with Crippen molar-refractivity contribution in [3.63, 3.8) is 0 Å². The molecule has 0 unspecified atom stereocenters. The monoisotopic (exact) mass is 380 g/mol. The maximum atomic E-state index is 12.3. The third-order valence-electron chi connectivity index (χ3n) is 3.87. The number of rotatable bonds is 1. The number of aromatic nitrogens is 3. The lowest BCUT2D eigenvalue weighted by Gasteiger charge is -2.34. The van der Waals surface area contributed by atoms with Crippen LogP contribution < -0.4 is 0 Å². The predicted octanol–water partition coefficient (Wildman–Crippen LogP) is 3.77. The van der Waals surface area contributed by atoms with E-state index in [0.29, 0.717) is 6.54 Å². The fourth-order valence-electron chi connectivity index (χ4n) is 2.87. The number of likely N-dealkylation sites (tertiary alicyclic amines) is 1. The largest absolute Gasteiger partial charge is 0.444 e. The van der Waals surface area contributed by atoms with E-state index in [1.54, 1.807) is 11.1 Å². The Labute approximate surface area is 144 Å². The quantitative estimate of drug-likeness (QED) is 0.706. The number of carbonyl (C=O) groups is 1. The zero-order chi connectivity index (χ0) is 16.6. The summed E-state index contributed by atoms with van der Waals surface area (Å²) in [5.41, 5.74) is 1.42. The summed E-state index contributed by atoms with van der Waals surface area (Å²) in [7, 11) is 0. The normalized spacial score (nSPS) is 19.1.